The number of rotatable bonds is 9. The molecule has 106 valence electrons. The van der Waals surface area contributed by atoms with E-state index in [-0.39, 0.29) is 6.42 Å². The highest BCUT2D eigenvalue weighted by Crippen LogP contribution is 2.30. The monoisotopic (exact) mass is 283 g/mol. The molecule has 0 radical (unpaired) electrons. The summed E-state index contributed by atoms with van der Waals surface area (Å²) in [4.78, 5) is 11.4. The summed E-state index contributed by atoms with van der Waals surface area (Å²) in [6, 6.07) is 5.69. The summed E-state index contributed by atoms with van der Waals surface area (Å²) in [7, 11) is 0. The fourth-order valence-corrected chi connectivity index (χ4v) is 2.64. The molecule has 0 aliphatic carbocycles. The summed E-state index contributed by atoms with van der Waals surface area (Å²) in [5.41, 5.74) is 6.68. The maximum atomic E-state index is 10.4. The smallest absolute Gasteiger partial charge is 0.303 e. The van der Waals surface area contributed by atoms with Crippen molar-refractivity contribution in [2.45, 2.75) is 37.5 Å². The van der Waals surface area contributed by atoms with Crippen LogP contribution in [0.3, 0.4) is 0 Å². The number of unbranched alkanes of at least 4 members (excludes halogenated alkanes) is 2. The van der Waals surface area contributed by atoms with Crippen LogP contribution in [0.4, 0.5) is 5.69 Å². The SMILES string of the molecule is CCOc1ccc(N)c(SCCCCCC(=O)O)c1. The zero-order valence-corrected chi connectivity index (χ0v) is 12.0. The summed E-state index contributed by atoms with van der Waals surface area (Å²) in [5, 5.41) is 8.53. The standard InChI is InChI=1S/C14H21NO3S/c1-2-18-11-7-8-12(15)13(10-11)19-9-5-3-4-6-14(16)17/h7-8,10H,2-6,9,15H2,1H3,(H,16,17). The molecule has 0 aliphatic rings. The number of aliphatic carboxylic acids is 1. The Kier molecular flexibility index (Phi) is 7.18. The van der Waals surface area contributed by atoms with E-state index < -0.39 is 5.97 Å². The summed E-state index contributed by atoms with van der Waals surface area (Å²) in [6.45, 7) is 2.59. The highest BCUT2D eigenvalue weighted by atomic mass is 32.2. The Balaban J connectivity index is 2.31. The molecular weight excluding hydrogens is 262 g/mol. The molecule has 0 amide bonds. The molecule has 0 bridgehead atoms. The second-order valence-corrected chi connectivity index (χ2v) is 5.32. The van der Waals surface area contributed by atoms with Gasteiger partial charge < -0.3 is 15.6 Å². The maximum absolute atomic E-state index is 10.4. The van der Waals surface area contributed by atoms with Gasteiger partial charge in [-0.15, -0.1) is 11.8 Å². The minimum Gasteiger partial charge on any atom is -0.494 e. The Bertz CT molecular complexity index is 410. The van der Waals surface area contributed by atoms with Crippen molar-refractivity contribution in [3.63, 3.8) is 0 Å². The Morgan fingerprint density at radius 2 is 2.16 bits per heavy atom. The first-order valence-electron chi connectivity index (χ1n) is 6.50. The van der Waals surface area contributed by atoms with Crippen LogP contribution in [0.1, 0.15) is 32.6 Å². The van der Waals surface area contributed by atoms with Crippen LogP contribution in [-0.2, 0) is 4.79 Å². The zero-order chi connectivity index (χ0) is 14.1. The van der Waals surface area contributed by atoms with E-state index in [2.05, 4.69) is 0 Å². The first-order chi connectivity index (χ1) is 9.13. The van der Waals surface area contributed by atoms with Gasteiger partial charge in [0.2, 0.25) is 0 Å². The van der Waals surface area contributed by atoms with E-state index in [4.69, 9.17) is 15.6 Å². The molecule has 0 spiro atoms. The highest BCUT2D eigenvalue weighted by molar-refractivity contribution is 7.99. The number of anilines is 1. The van der Waals surface area contributed by atoms with Gasteiger partial charge in [-0.1, -0.05) is 6.42 Å². The van der Waals surface area contributed by atoms with Crippen molar-refractivity contribution in [2.75, 3.05) is 18.1 Å². The summed E-state index contributed by atoms with van der Waals surface area (Å²) >= 11 is 1.69. The van der Waals surface area contributed by atoms with Gasteiger partial charge in [0.05, 0.1) is 6.61 Å². The van der Waals surface area contributed by atoms with Crippen LogP contribution in [0.25, 0.3) is 0 Å². The fourth-order valence-electron chi connectivity index (χ4n) is 1.63. The Morgan fingerprint density at radius 3 is 2.84 bits per heavy atom. The van der Waals surface area contributed by atoms with Crippen molar-refractivity contribution < 1.29 is 14.6 Å². The minimum absolute atomic E-state index is 0.257. The van der Waals surface area contributed by atoms with Crippen LogP contribution in [0.5, 0.6) is 5.75 Å². The van der Waals surface area contributed by atoms with Crippen molar-refractivity contribution in [1.82, 2.24) is 0 Å². The van der Waals surface area contributed by atoms with Gasteiger partial charge >= 0.3 is 5.97 Å². The molecule has 1 rings (SSSR count). The molecule has 4 nitrogen and oxygen atoms in total. The molecule has 0 unspecified atom stereocenters. The number of carboxylic acids is 1. The molecule has 0 aromatic heterocycles. The largest absolute Gasteiger partial charge is 0.494 e. The van der Waals surface area contributed by atoms with E-state index >= 15 is 0 Å². The van der Waals surface area contributed by atoms with Gasteiger partial charge in [-0.05, 0) is 43.7 Å². The Labute approximate surface area is 118 Å². The lowest BCUT2D eigenvalue weighted by molar-refractivity contribution is -0.137. The van der Waals surface area contributed by atoms with Crippen molar-refractivity contribution in [1.29, 1.82) is 0 Å². The number of ether oxygens (including phenoxy) is 1. The number of nitrogen functional groups attached to an aromatic ring is 1. The third-order valence-electron chi connectivity index (χ3n) is 2.59. The molecular formula is C14H21NO3S. The third-order valence-corrected chi connectivity index (χ3v) is 3.75. The number of hydrogen-bond acceptors (Lipinski definition) is 4. The second kappa shape index (κ2) is 8.69. The number of benzene rings is 1. The average Bonchev–Trinajstić information content (AvgIpc) is 2.37. The quantitative estimate of drug-likeness (QED) is 0.413. The van der Waals surface area contributed by atoms with Gasteiger partial charge in [0.25, 0.3) is 0 Å². The van der Waals surface area contributed by atoms with E-state index in [1.54, 1.807) is 11.8 Å². The molecule has 0 heterocycles. The summed E-state index contributed by atoms with van der Waals surface area (Å²) in [5.74, 6) is 1.06. The molecule has 0 saturated heterocycles. The van der Waals surface area contributed by atoms with Crippen LogP contribution in [-0.4, -0.2) is 23.4 Å². The molecule has 3 N–H and O–H groups in total. The van der Waals surface area contributed by atoms with E-state index in [0.29, 0.717) is 6.61 Å². The molecule has 0 atom stereocenters. The van der Waals surface area contributed by atoms with Gasteiger partial charge in [-0.3, -0.25) is 4.79 Å². The Morgan fingerprint density at radius 1 is 1.37 bits per heavy atom. The number of carbonyl (C=O) groups is 1. The van der Waals surface area contributed by atoms with E-state index in [9.17, 15) is 4.79 Å². The number of hydrogen-bond donors (Lipinski definition) is 2. The fraction of sp³-hybridized carbons (Fsp3) is 0.500. The van der Waals surface area contributed by atoms with Crippen LogP contribution in [0.2, 0.25) is 0 Å². The molecule has 0 aliphatic heterocycles. The van der Waals surface area contributed by atoms with Gasteiger partial charge in [0.15, 0.2) is 0 Å². The van der Waals surface area contributed by atoms with Crippen molar-refractivity contribution in [3.8, 4) is 5.75 Å². The number of thioether (sulfide) groups is 1. The van der Waals surface area contributed by atoms with Crippen molar-refractivity contribution >= 4 is 23.4 Å². The van der Waals surface area contributed by atoms with Gasteiger partial charge in [-0.2, -0.15) is 0 Å². The zero-order valence-electron chi connectivity index (χ0n) is 11.2. The number of carboxylic acid groups (broad SMARTS) is 1. The van der Waals surface area contributed by atoms with E-state index in [1.807, 2.05) is 25.1 Å². The lowest BCUT2D eigenvalue weighted by Gasteiger charge is -2.08. The van der Waals surface area contributed by atoms with Gasteiger partial charge in [0.1, 0.15) is 5.75 Å². The minimum atomic E-state index is -0.721. The Hall–Kier alpha value is -1.36. The molecule has 1 aromatic carbocycles. The lowest BCUT2D eigenvalue weighted by atomic mass is 10.2. The predicted octanol–water partition coefficient (Wildman–Crippen LogP) is 3.40. The van der Waals surface area contributed by atoms with Crippen LogP contribution in [0.15, 0.2) is 23.1 Å². The topological polar surface area (TPSA) is 72.5 Å². The number of nitrogens with two attached hydrogens (primary N) is 1. The second-order valence-electron chi connectivity index (χ2n) is 4.19. The van der Waals surface area contributed by atoms with E-state index in [0.717, 1.165) is 41.3 Å². The first kappa shape index (κ1) is 15.7. The van der Waals surface area contributed by atoms with Crippen molar-refractivity contribution in [3.05, 3.63) is 18.2 Å². The van der Waals surface area contributed by atoms with Crippen LogP contribution >= 0.6 is 11.8 Å². The molecule has 0 saturated carbocycles. The van der Waals surface area contributed by atoms with Crippen LogP contribution in [0, 0.1) is 0 Å². The maximum Gasteiger partial charge on any atom is 0.303 e. The molecule has 19 heavy (non-hydrogen) atoms. The predicted molar refractivity (Wildman–Crippen MR) is 78.9 cm³/mol. The molecule has 5 heteroatoms. The normalized spacial score (nSPS) is 10.4. The molecule has 0 fully saturated rings. The summed E-state index contributed by atoms with van der Waals surface area (Å²) < 4.78 is 5.44. The molecule has 1 aromatic rings. The third kappa shape index (κ3) is 6.38. The van der Waals surface area contributed by atoms with E-state index in [1.165, 1.54) is 0 Å². The first-order valence-corrected chi connectivity index (χ1v) is 7.49. The van der Waals surface area contributed by atoms with Gasteiger partial charge in [-0.25, -0.2) is 0 Å². The lowest BCUT2D eigenvalue weighted by Crippen LogP contribution is -1.95. The van der Waals surface area contributed by atoms with Crippen molar-refractivity contribution in [2.24, 2.45) is 0 Å². The summed E-state index contributed by atoms with van der Waals surface area (Å²) in [6.07, 6.45) is 2.93. The average molecular weight is 283 g/mol. The van der Waals surface area contributed by atoms with Crippen LogP contribution < -0.4 is 10.5 Å². The highest BCUT2D eigenvalue weighted by Gasteiger charge is 2.03. The van der Waals surface area contributed by atoms with Gasteiger partial charge in [0, 0.05) is 17.0 Å².